The van der Waals surface area contributed by atoms with E-state index in [9.17, 15) is 8.78 Å². The smallest absolute Gasteiger partial charge is 0.132 e. The van der Waals surface area contributed by atoms with Crippen molar-refractivity contribution in [2.75, 3.05) is 5.73 Å². The van der Waals surface area contributed by atoms with Gasteiger partial charge in [0.05, 0.1) is 5.56 Å². The second kappa shape index (κ2) is 5.04. The molecule has 0 unspecified atom stereocenters. The average molecular weight is 249 g/mol. The van der Waals surface area contributed by atoms with Crippen LogP contribution in [0.3, 0.4) is 0 Å². The molecule has 4 heteroatoms. The van der Waals surface area contributed by atoms with Crippen LogP contribution in [0.4, 0.5) is 14.5 Å². The normalized spacial score (nSPS) is 10.4. The Hall–Kier alpha value is -2.10. The Kier molecular flexibility index (Phi) is 3.46. The Bertz CT molecular complexity index is 549. The van der Waals surface area contributed by atoms with Crippen LogP contribution >= 0.6 is 0 Å². The van der Waals surface area contributed by atoms with Crippen molar-refractivity contribution in [2.45, 2.75) is 13.5 Å². The lowest BCUT2D eigenvalue weighted by atomic mass is 10.2. The van der Waals surface area contributed by atoms with Gasteiger partial charge >= 0.3 is 0 Å². The lowest BCUT2D eigenvalue weighted by molar-refractivity contribution is 0.291. The minimum Gasteiger partial charge on any atom is -0.488 e. The quantitative estimate of drug-likeness (QED) is 0.846. The maximum Gasteiger partial charge on any atom is 0.132 e. The van der Waals surface area contributed by atoms with Crippen LogP contribution in [-0.2, 0) is 6.61 Å². The van der Waals surface area contributed by atoms with E-state index in [1.807, 2.05) is 0 Å². The molecule has 0 saturated carbocycles. The Balaban J connectivity index is 2.19. The number of benzene rings is 2. The zero-order chi connectivity index (χ0) is 13.1. The van der Waals surface area contributed by atoms with E-state index in [2.05, 4.69) is 0 Å². The Morgan fingerprint density at radius 1 is 1.06 bits per heavy atom. The number of hydrogen-bond donors (Lipinski definition) is 1. The standard InChI is InChI=1S/C14H13F2NO/c1-9-13(17)6-3-7-14(9)18-8-10-11(15)4-2-5-12(10)16/h2-7H,8,17H2,1H3. The van der Waals surface area contributed by atoms with Crippen molar-refractivity contribution in [3.63, 3.8) is 0 Å². The van der Waals surface area contributed by atoms with Gasteiger partial charge in [-0.15, -0.1) is 0 Å². The van der Waals surface area contributed by atoms with E-state index < -0.39 is 11.6 Å². The van der Waals surface area contributed by atoms with E-state index in [0.717, 1.165) is 5.56 Å². The van der Waals surface area contributed by atoms with E-state index in [4.69, 9.17) is 10.5 Å². The molecule has 2 rings (SSSR count). The SMILES string of the molecule is Cc1c(N)cccc1OCc1c(F)cccc1F. The fourth-order valence-electron chi connectivity index (χ4n) is 1.61. The van der Waals surface area contributed by atoms with E-state index >= 15 is 0 Å². The fourth-order valence-corrected chi connectivity index (χ4v) is 1.61. The van der Waals surface area contributed by atoms with Gasteiger partial charge in [-0.2, -0.15) is 0 Å². The molecule has 0 radical (unpaired) electrons. The monoisotopic (exact) mass is 249 g/mol. The molecule has 0 bridgehead atoms. The van der Waals surface area contributed by atoms with Crippen molar-refractivity contribution in [2.24, 2.45) is 0 Å². The van der Waals surface area contributed by atoms with Gasteiger partial charge in [0.25, 0.3) is 0 Å². The molecule has 0 atom stereocenters. The summed E-state index contributed by atoms with van der Waals surface area (Å²) in [5, 5.41) is 0. The molecule has 0 spiro atoms. The maximum atomic E-state index is 13.4. The Morgan fingerprint density at radius 2 is 1.67 bits per heavy atom. The molecule has 0 aliphatic carbocycles. The summed E-state index contributed by atoms with van der Waals surface area (Å²) in [6.45, 7) is 1.63. The van der Waals surface area contributed by atoms with Gasteiger partial charge in [-0.25, -0.2) is 8.78 Å². The second-order valence-electron chi connectivity index (χ2n) is 3.96. The van der Waals surface area contributed by atoms with Crippen LogP contribution in [0.1, 0.15) is 11.1 Å². The summed E-state index contributed by atoms with van der Waals surface area (Å²) in [6.07, 6.45) is 0. The lowest BCUT2D eigenvalue weighted by Crippen LogP contribution is -2.03. The number of nitrogen functional groups attached to an aromatic ring is 1. The molecule has 0 heterocycles. The van der Waals surface area contributed by atoms with Crippen LogP contribution in [0.25, 0.3) is 0 Å². The summed E-state index contributed by atoms with van der Waals surface area (Å²) in [4.78, 5) is 0. The number of nitrogens with two attached hydrogens (primary N) is 1. The zero-order valence-corrected chi connectivity index (χ0v) is 9.91. The zero-order valence-electron chi connectivity index (χ0n) is 9.91. The molecule has 0 saturated heterocycles. The van der Waals surface area contributed by atoms with E-state index in [0.29, 0.717) is 11.4 Å². The first kappa shape index (κ1) is 12.4. The summed E-state index contributed by atoms with van der Waals surface area (Å²) in [5.41, 5.74) is 6.98. The van der Waals surface area contributed by atoms with Crippen LogP contribution < -0.4 is 10.5 Å². The first-order valence-electron chi connectivity index (χ1n) is 5.50. The van der Waals surface area contributed by atoms with Gasteiger partial charge in [0.15, 0.2) is 0 Å². The van der Waals surface area contributed by atoms with Gasteiger partial charge in [-0.3, -0.25) is 0 Å². The predicted molar refractivity (Wildman–Crippen MR) is 66.3 cm³/mol. The van der Waals surface area contributed by atoms with Crippen molar-refractivity contribution in [3.05, 3.63) is 59.2 Å². The maximum absolute atomic E-state index is 13.4. The van der Waals surface area contributed by atoms with Gasteiger partial charge < -0.3 is 10.5 Å². The summed E-state index contributed by atoms with van der Waals surface area (Å²) in [7, 11) is 0. The summed E-state index contributed by atoms with van der Waals surface area (Å²) < 4.78 is 32.2. The lowest BCUT2D eigenvalue weighted by Gasteiger charge is -2.11. The first-order chi connectivity index (χ1) is 8.59. The van der Waals surface area contributed by atoms with Crippen molar-refractivity contribution in [3.8, 4) is 5.75 Å². The fraction of sp³-hybridized carbons (Fsp3) is 0.143. The van der Waals surface area contributed by atoms with E-state index in [1.54, 1.807) is 25.1 Å². The van der Waals surface area contributed by atoms with Gasteiger partial charge in [0.2, 0.25) is 0 Å². The Morgan fingerprint density at radius 3 is 2.33 bits per heavy atom. The number of anilines is 1. The molecule has 18 heavy (non-hydrogen) atoms. The summed E-state index contributed by atoms with van der Waals surface area (Å²) >= 11 is 0. The topological polar surface area (TPSA) is 35.2 Å². The summed E-state index contributed by atoms with van der Waals surface area (Å²) in [6, 6.07) is 8.91. The third kappa shape index (κ3) is 2.42. The molecule has 2 N–H and O–H groups in total. The molecule has 0 aromatic heterocycles. The third-order valence-electron chi connectivity index (χ3n) is 2.76. The summed E-state index contributed by atoms with van der Waals surface area (Å²) in [5.74, 6) is -0.703. The highest BCUT2D eigenvalue weighted by molar-refractivity contribution is 5.53. The van der Waals surface area contributed by atoms with Gasteiger partial charge in [-0.1, -0.05) is 12.1 Å². The molecule has 2 nitrogen and oxygen atoms in total. The third-order valence-corrected chi connectivity index (χ3v) is 2.76. The van der Waals surface area contributed by atoms with Crippen molar-refractivity contribution < 1.29 is 13.5 Å². The number of ether oxygens (including phenoxy) is 1. The highest BCUT2D eigenvalue weighted by Crippen LogP contribution is 2.24. The number of rotatable bonds is 3. The minimum absolute atomic E-state index is 0.0840. The molecule has 0 amide bonds. The van der Waals surface area contributed by atoms with Crippen molar-refractivity contribution in [1.29, 1.82) is 0 Å². The molecule has 2 aromatic rings. The largest absolute Gasteiger partial charge is 0.488 e. The number of halogens is 2. The average Bonchev–Trinajstić information content (AvgIpc) is 2.33. The highest BCUT2D eigenvalue weighted by Gasteiger charge is 2.10. The van der Waals surface area contributed by atoms with Gasteiger partial charge in [0.1, 0.15) is 24.0 Å². The molecule has 0 fully saturated rings. The molecule has 94 valence electrons. The predicted octanol–water partition coefficient (Wildman–Crippen LogP) is 3.43. The van der Waals surface area contributed by atoms with Crippen molar-refractivity contribution >= 4 is 5.69 Å². The van der Waals surface area contributed by atoms with Crippen LogP contribution in [-0.4, -0.2) is 0 Å². The molecular weight excluding hydrogens is 236 g/mol. The second-order valence-corrected chi connectivity index (χ2v) is 3.96. The molecular formula is C14H13F2NO. The van der Waals surface area contributed by atoms with Crippen molar-refractivity contribution in [1.82, 2.24) is 0 Å². The number of hydrogen-bond acceptors (Lipinski definition) is 2. The van der Waals surface area contributed by atoms with Crippen LogP contribution in [0.15, 0.2) is 36.4 Å². The Labute approximate surface area is 104 Å². The first-order valence-corrected chi connectivity index (χ1v) is 5.50. The molecule has 0 aliphatic rings. The van der Waals surface area contributed by atoms with Crippen LogP contribution in [0, 0.1) is 18.6 Å². The van der Waals surface area contributed by atoms with Gasteiger partial charge in [0, 0.05) is 11.3 Å². The van der Waals surface area contributed by atoms with Gasteiger partial charge in [-0.05, 0) is 31.2 Å². The van der Waals surface area contributed by atoms with Crippen LogP contribution in [0.2, 0.25) is 0 Å². The molecule has 0 aliphatic heterocycles. The molecule has 2 aromatic carbocycles. The van der Waals surface area contributed by atoms with E-state index in [-0.39, 0.29) is 12.2 Å². The van der Waals surface area contributed by atoms with Crippen LogP contribution in [0.5, 0.6) is 5.75 Å². The minimum atomic E-state index is -0.614. The van der Waals surface area contributed by atoms with E-state index in [1.165, 1.54) is 18.2 Å². The highest BCUT2D eigenvalue weighted by atomic mass is 19.1.